The van der Waals surface area contributed by atoms with Crippen LogP contribution in [0.2, 0.25) is 0 Å². The standard InChI is InChI=1S/C18H24N6O2/c1-10-17(26-8-7-19-10)13-9-11(18(2,3)25)16-15(21-13)14(23-24(16)4)12-5-6-20-22-12/h5-6,9-10,17,19,25H,7-8H2,1-4H3,(H,20,22). The van der Waals surface area contributed by atoms with Crippen molar-refractivity contribution in [1.82, 2.24) is 30.3 Å². The highest BCUT2D eigenvalue weighted by molar-refractivity contribution is 5.91. The maximum atomic E-state index is 10.8. The van der Waals surface area contributed by atoms with Gasteiger partial charge in [-0.25, -0.2) is 4.98 Å². The van der Waals surface area contributed by atoms with Crippen LogP contribution in [0.25, 0.3) is 22.4 Å². The van der Waals surface area contributed by atoms with Crippen LogP contribution in [0.5, 0.6) is 0 Å². The molecule has 3 aromatic rings. The fraction of sp³-hybridized carbons (Fsp3) is 0.500. The zero-order valence-corrected chi connectivity index (χ0v) is 15.4. The van der Waals surface area contributed by atoms with E-state index < -0.39 is 5.60 Å². The fourth-order valence-corrected chi connectivity index (χ4v) is 3.54. The smallest absolute Gasteiger partial charge is 0.139 e. The fourth-order valence-electron chi connectivity index (χ4n) is 3.54. The van der Waals surface area contributed by atoms with Crippen LogP contribution in [0.4, 0.5) is 0 Å². The van der Waals surface area contributed by atoms with E-state index in [9.17, 15) is 5.11 Å². The van der Waals surface area contributed by atoms with Crippen LogP contribution in [0.1, 0.15) is 38.1 Å². The molecule has 3 aromatic heterocycles. The second kappa shape index (κ2) is 6.15. The number of nitrogens with zero attached hydrogens (tertiary/aromatic N) is 4. The number of ether oxygens (including phenoxy) is 1. The Labute approximate surface area is 151 Å². The minimum atomic E-state index is -1.04. The molecule has 1 aliphatic rings. The van der Waals surface area contributed by atoms with E-state index in [4.69, 9.17) is 9.72 Å². The number of hydrogen-bond acceptors (Lipinski definition) is 6. The maximum absolute atomic E-state index is 10.8. The summed E-state index contributed by atoms with van der Waals surface area (Å²) in [6.45, 7) is 7.08. The first kappa shape index (κ1) is 17.1. The zero-order valence-electron chi connectivity index (χ0n) is 15.4. The summed E-state index contributed by atoms with van der Waals surface area (Å²) < 4.78 is 7.73. The maximum Gasteiger partial charge on any atom is 0.139 e. The average Bonchev–Trinajstić information content (AvgIpc) is 3.22. The summed E-state index contributed by atoms with van der Waals surface area (Å²) in [5, 5.41) is 25.9. The summed E-state index contributed by atoms with van der Waals surface area (Å²) in [7, 11) is 1.86. The molecule has 3 N–H and O–H groups in total. The summed E-state index contributed by atoms with van der Waals surface area (Å²) in [4.78, 5) is 4.89. The van der Waals surface area contributed by atoms with Crippen molar-refractivity contribution in [2.75, 3.05) is 13.2 Å². The molecule has 0 bridgehead atoms. The average molecular weight is 356 g/mol. The van der Waals surface area contributed by atoms with Gasteiger partial charge in [0.25, 0.3) is 0 Å². The molecule has 2 unspecified atom stereocenters. The normalized spacial score (nSPS) is 21.4. The van der Waals surface area contributed by atoms with Crippen LogP contribution in [-0.4, -0.2) is 49.3 Å². The number of H-pyrrole nitrogens is 1. The number of aliphatic hydroxyl groups is 1. The number of nitrogens with one attached hydrogen (secondary N) is 2. The van der Waals surface area contributed by atoms with E-state index in [0.29, 0.717) is 12.3 Å². The van der Waals surface area contributed by atoms with Gasteiger partial charge in [-0.05, 0) is 32.9 Å². The van der Waals surface area contributed by atoms with E-state index in [-0.39, 0.29) is 12.1 Å². The highest BCUT2D eigenvalue weighted by atomic mass is 16.5. The Morgan fingerprint density at radius 1 is 1.38 bits per heavy atom. The molecule has 2 atom stereocenters. The molecule has 0 spiro atoms. The Kier molecular flexibility index (Phi) is 4.06. The molecule has 4 heterocycles. The Morgan fingerprint density at radius 3 is 2.85 bits per heavy atom. The minimum absolute atomic E-state index is 0.133. The van der Waals surface area contributed by atoms with Crippen LogP contribution >= 0.6 is 0 Å². The Hall–Kier alpha value is -2.29. The van der Waals surface area contributed by atoms with Crippen molar-refractivity contribution in [2.24, 2.45) is 7.05 Å². The highest BCUT2D eigenvalue weighted by Gasteiger charge is 2.31. The first-order valence-electron chi connectivity index (χ1n) is 8.82. The monoisotopic (exact) mass is 356 g/mol. The molecule has 0 aliphatic carbocycles. The van der Waals surface area contributed by atoms with Crippen molar-refractivity contribution in [3.63, 3.8) is 0 Å². The van der Waals surface area contributed by atoms with Gasteiger partial charge in [0, 0.05) is 31.4 Å². The third-order valence-corrected chi connectivity index (χ3v) is 4.82. The number of rotatable bonds is 3. The molecule has 1 saturated heterocycles. The Morgan fingerprint density at radius 2 is 2.19 bits per heavy atom. The lowest BCUT2D eigenvalue weighted by Crippen LogP contribution is -2.41. The van der Waals surface area contributed by atoms with Crippen molar-refractivity contribution >= 4 is 11.0 Å². The van der Waals surface area contributed by atoms with Crippen molar-refractivity contribution in [2.45, 2.75) is 38.5 Å². The second-order valence-electron chi connectivity index (χ2n) is 7.32. The molecule has 26 heavy (non-hydrogen) atoms. The van der Waals surface area contributed by atoms with Gasteiger partial charge in [-0.2, -0.15) is 10.2 Å². The molecule has 1 aliphatic heterocycles. The molecule has 138 valence electrons. The quantitative estimate of drug-likeness (QED) is 0.659. The van der Waals surface area contributed by atoms with Crippen LogP contribution < -0.4 is 5.32 Å². The van der Waals surface area contributed by atoms with E-state index in [2.05, 4.69) is 27.5 Å². The van der Waals surface area contributed by atoms with Crippen molar-refractivity contribution in [3.8, 4) is 11.4 Å². The minimum Gasteiger partial charge on any atom is -0.386 e. The zero-order chi connectivity index (χ0) is 18.5. The summed E-state index contributed by atoms with van der Waals surface area (Å²) in [5.41, 5.74) is 3.45. The number of hydrogen-bond donors (Lipinski definition) is 3. The molecule has 0 radical (unpaired) electrons. The van der Waals surface area contributed by atoms with Gasteiger partial charge < -0.3 is 15.2 Å². The summed E-state index contributed by atoms with van der Waals surface area (Å²) in [5.74, 6) is 0. The number of aromatic nitrogens is 5. The van der Waals surface area contributed by atoms with Crippen LogP contribution in [0.15, 0.2) is 18.3 Å². The van der Waals surface area contributed by atoms with Gasteiger partial charge in [0.05, 0.1) is 23.4 Å². The van der Waals surface area contributed by atoms with E-state index >= 15 is 0 Å². The number of morpholine rings is 1. The lowest BCUT2D eigenvalue weighted by Gasteiger charge is -2.31. The number of fused-ring (bicyclic) bond motifs is 1. The molecular weight excluding hydrogens is 332 g/mol. The molecule has 0 saturated carbocycles. The SMILES string of the molecule is CC1NCCOC1c1cc(C(C)(C)O)c2c(n1)c(-c1cc[nH]n1)nn2C. The highest BCUT2D eigenvalue weighted by Crippen LogP contribution is 2.35. The van der Waals surface area contributed by atoms with Crippen LogP contribution in [-0.2, 0) is 17.4 Å². The Bertz CT molecular complexity index is 925. The first-order chi connectivity index (χ1) is 12.4. The van der Waals surface area contributed by atoms with E-state index in [1.165, 1.54) is 0 Å². The van der Waals surface area contributed by atoms with Crippen molar-refractivity contribution in [1.29, 1.82) is 0 Å². The van der Waals surface area contributed by atoms with Gasteiger partial charge in [-0.15, -0.1) is 0 Å². The van der Waals surface area contributed by atoms with Crippen molar-refractivity contribution < 1.29 is 9.84 Å². The van der Waals surface area contributed by atoms with E-state index in [1.54, 1.807) is 24.7 Å². The largest absolute Gasteiger partial charge is 0.386 e. The molecule has 8 heteroatoms. The Balaban J connectivity index is 1.98. The predicted octanol–water partition coefficient (Wildman–Crippen LogP) is 1.64. The van der Waals surface area contributed by atoms with Crippen LogP contribution in [0.3, 0.4) is 0 Å². The molecular formula is C18H24N6O2. The van der Waals surface area contributed by atoms with Gasteiger partial charge in [0.15, 0.2) is 0 Å². The lowest BCUT2D eigenvalue weighted by atomic mass is 9.94. The van der Waals surface area contributed by atoms with Crippen molar-refractivity contribution in [3.05, 3.63) is 29.6 Å². The van der Waals surface area contributed by atoms with Gasteiger partial charge in [-0.1, -0.05) is 0 Å². The van der Waals surface area contributed by atoms with Crippen LogP contribution in [0, 0.1) is 0 Å². The van der Waals surface area contributed by atoms with Gasteiger partial charge in [-0.3, -0.25) is 9.78 Å². The lowest BCUT2D eigenvalue weighted by molar-refractivity contribution is -0.00297. The molecule has 1 fully saturated rings. The van der Waals surface area contributed by atoms with Gasteiger partial charge in [0.2, 0.25) is 0 Å². The van der Waals surface area contributed by atoms with E-state index in [1.807, 2.05) is 19.2 Å². The molecule has 0 amide bonds. The third kappa shape index (κ3) is 2.80. The van der Waals surface area contributed by atoms with E-state index in [0.717, 1.165) is 34.5 Å². The number of aromatic amines is 1. The van der Waals surface area contributed by atoms with Gasteiger partial charge >= 0.3 is 0 Å². The number of aryl methyl sites for hydroxylation is 1. The topological polar surface area (TPSA) is 101 Å². The molecule has 0 aromatic carbocycles. The summed E-state index contributed by atoms with van der Waals surface area (Å²) >= 11 is 0. The third-order valence-electron chi connectivity index (χ3n) is 4.82. The predicted molar refractivity (Wildman–Crippen MR) is 97.5 cm³/mol. The summed E-state index contributed by atoms with van der Waals surface area (Å²) in [6, 6.07) is 3.93. The van der Waals surface area contributed by atoms with Gasteiger partial charge in [0.1, 0.15) is 23.0 Å². The second-order valence-corrected chi connectivity index (χ2v) is 7.32. The molecule has 8 nitrogen and oxygen atoms in total. The first-order valence-corrected chi connectivity index (χ1v) is 8.82. The number of pyridine rings is 1. The summed E-state index contributed by atoms with van der Waals surface area (Å²) in [6.07, 6.45) is 1.58. The molecule has 4 rings (SSSR count).